The van der Waals surface area contributed by atoms with Gasteiger partial charge in [-0.3, -0.25) is 0 Å². The van der Waals surface area contributed by atoms with E-state index in [-0.39, 0.29) is 6.61 Å². The highest BCUT2D eigenvalue weighted by Gasteiger charge is 2.19. The first-order valence-corrected chi connectivity index (χ1v) is 8.47. The molecule has 1 aromatic carbocycles. The third-order valence-corrected chi connectivity index (χ3v) is 4.74. The Morgan fingerprint density at radius 3 is 2.43 bits per heavy atom. The van der Waals surface area contributed by atoms with Crippen molar-refractivity contribution in [3.05, 3.63) is 24.3 Å². The van der Waals surface area contributed by atoms with Gasteiger partial charge in [0.1, 0.15) is 0 Å². The minimum Gasteiger partial charge on any atom is -0.395 e. The number of nitrogens with zero attached hydrogens (tertiary/aromatic N) is 1. The molecule has 3 nitrogen and oxygen atoms in total. The molecule has 1 fully saturated rings. The van der Waals surface area contributed by atoms with Crippen LogP contribution in [0.15, 0.2) is 24.3 Å². The summed E-state index contributed by atoms with van der Waals surface area (Å²) in [5.41, 5.74) is 2.39. The molecule has 2 N–H and O–H groups in total. The topological polar surface area (TPSA) is 35.5 Å². The van der Waals surface area contributed by atoms with Crippen LogP contribution in [0.3, 0.4) is 0 Å². The van der Waals surface area contributed by atoms with Gasteiger partial charge in [0.25, 0.3) is 0 Å². The predicted octanol–water partition coefficient (Wildman–Crippen LogP) is 3.89. The van der Waals surface area contributed by atoms with Crippen LogP contribution >= 0.6 is 0 Å². The molecule has 1 unspecified atom stereocenters. The van der Waals surface area contributed by atoms with Gasteiger partial charge < -0.3 is 15.3 Å². The van der Waals surface area contributed by atoms with Crippen LogP contribution in [0.1, 0.15) is 46.0 Å². The maximum atomic E-state index is 9.09. The van der Waals surface area contributed by atoms with Gasteiger partial charge >= 0.3 is 0 Å². The summed E-state index contributed by atoms with van der Waals surface area (Å²) in [5.74, 6) is 0.819. The summed E-state index contributed by atoms with van der Waals surface area (Å²) < 4.78 is 0. The minimum atomic E-state index is 0.201. The van der Waals surface area contributed by atoms with E-state index in [9.17, 15) is 0 Å². The molecule has 0 radical (unpaired) electrons. The molecule has 0 amide bonds. The van der Waals surface area contributed by atoms with Gasteiger partial charge in [0.2, 0.25) is 0 Å². The van der Waals surface area contributed by atoms with Gasteiger partial charge in [0.15, 0.2) is 0 Å². The molecule has 0 saturated heterocycles. The zero-order chi connectivity index (χ0) is 15.1. The molecule has 1 saturated carbocycles. The Hall–Kier alpha value is -1.22. The van der Waals surface area contributed by atoms with E-state index in [4.69, 9.17) is 5.11 Å². The van der Waals surface area contributed by atoms with Crippen molar-refractivity contribution in [1.82, 2.24) is 0 Å². The molecule has 1 aliphatic carbocycles. The van der Waals surface area contributed by atoms with Crippen molar-refractivity contribution >= 4 is 11.4 Å². The number of anilines is 2. The van der Waals surface area contributed by atoms with E-state index in [1.807, 2.05) is 0 Å². The molecule has 2 rings (SSSR count). The Bertz CT molecular complexity index is 398. The van der Waals surface area contributed by atoms with Gasteiger partial charge in [-0.15, -0.1) is 0 Å². The molecule has 1 atom stereocenters. The highest BCUT2D eigenvalue weighted by Crippen LogP contribution is 2.28. The maximum Gasteiger partial charge on any atom is 0.0606 e. The van der Waals surface area contributed by atoms with Crippen molar-refractivity contribution in [2.45, 2.75) is 52.0 Å². The van der Waals surface area contributed by atoms with Crippen molar-refractivity contribution < 1.29 is 5.11 Å². The van der Waals surface area contributed by atoms with Crippen LogP contribution in [0.2, 0.25) is 0 Å². The molecule has 1 aliphatic rings. The standard InChI is InChI=1S/C18H30N2O/c1-3-20(13-14-21)18-11-9-17(10-12-18)19-15(2)16-7-5-4-6-8-16/h9-12,15-16,19,21H,3-8,13-14H2,1-2H3. The second-order valence-corrected chi connectivity index (χ2v) is 6.18. The fourth-order valence-corrected chi connectivity index (χ4v) is 3.37. The van der Waals surface area contributed by atoms with Crippen LogP contribution in [0.25, 0.3) is 0 Å². The van der Waals surface area contributed by atoms with E-state index >= 15 is 0 Å². The van der Waals surface area contributed by atoms with Crippen molar-refractivity contribution in [2.24, 2.45) is 5.92 Å². The number of nitrogens with one attached hydrogen (secondary N) is 1. The summed E-state index contributed by atoms with van der Waals surface area (Å²) in [5, 5.41) is 12.8. The second kappa shape index (κ2) is 8.28. The summed E-state index contributed by atoms with van der Waals surface area (Å²) >= 11 is 0. The first-order chi connectivity index (χ1) is 10.2. The number of aliphatic hydroxyl groups excluding tert-OH is 1. The molecule has 21 heavy (non-hydrogen) atoms. The van der Waals surface area contributed by atoms with E-state index in [0.29, 0.717) is 12.6 Å². The van der Waals surface area contributed by atoms with Crippen LogP contribution in [-0.4, -0.2) is 30.8 Å². The summed E-state index contributed by atoms with van der Waals surface area (Å²) in [6.45, 7) is 6.25. The average molecular weight is 290 g/mol. The smallest absolute Gasteiger partial charge is 0.0606 e. The van der Waals surface area contributed by atoms with Gasteiger partial charge in [0.05, 0.1) is 6.61 Å². The highest BCUT2D eigenvalue weighted by atomic mass is 16.3. The van der Waals surface area contributed by atoms with Gasteiger partial charge in [0, 0.05) is 30.5 Å². The Morgan fingerprint density at radius 1 is 1.19 bits per heavy atom. The van der Waals surface area contributed by atoms with Gasteiger partial charge in [-0.05, 0) is 56.9 Å². The Kier molecular flexibility index (Phi) is 6.37. The lowest BCUT2D eigenvalue weighted by molar-refractivity contribution is 0.302. The monoisotopic (exact) mass is 290 g/mol. The second-order valence-electron chi connectivity index (χ2n) is 6.18. The molecule has 0 aliphatic heterocycles. The Balaban J connectivity index is 1.92. The fourth-order valence-electron chi connectivity index (χ4n) is 3.37. The molecular weight excluding hydrogens is 260 g/mol. The number of hydrogen-bond acceptors (Lipinski definition) is 3. The highest BCUT2D eigenvalue weighted by molar-refractivity contribution is 5.55. The largest absolute Gasteiger partial charge is 0.395 e. The fraction of sp³-hybridized carbons (Fsp3) is 0.667. The van der Waals surface area contributed by atoms with Crippen molar-refractivity contribution in [3.8, 4) is 0 Å². The molecule has 0 aromatic heterocycles. The zero-order valence-corrected chi connectivity index (χ0v) is 13.5. The first kappa shape index (κ1) is 16.2. The average Bonchev–Trinajstić information content (AvgIpc) is 2.54. The molecule has 1 aromatic rings. The first-order valence-electron chi connectivity index (χ1n) is 8.47. The Labute approximate surface area is 129 Å². The van der Waals surface area contributed by atoms with Crippen molar-refractivity contribution in [2.75, 3.05) is 29.9 Å². The van der Waals surface area contributed by atoms with Crippen molar-refractivity contribution in [3.63, 3.8) is 0 Å². The number of benzene rings is 1. The lowest BCUT2D eigenvalue weighted by Crippen LogP contribution is -2.28. The van der Waals surface area contributed by atoms with E-state index in [1.165, 1.54) is 43.5 Å². The summed E-state index contributed by atoms with van der Waals surface area (Å²) in [7, 11) is 0. The van der Waals surface area contributed by atoms with Crippen molar-refractivity contribution in [1.29, 1.82) is 0 Å². The summed E-state index contributed by atoms with van der Waals surface area (Å²) in [6, 6.07) is 9.17. The SMILES string of the molecule is CCN(CCO)c1ccc(NC(C)C2CCCCC2)cc1. The maximum absolute atomic E-state index is 9.09. The van der Waals surface area contributed by atoms with E-state index in [1.54, 1.807) is 0 Å². The normalized spacial score (nSPS) is 17.5. The number of hydrogen-bond donors (Lipinski definition) is 2. The van der Waals surface area contributed by atoms with Gasteiger partial charge in [-0.25, -0.2) is 0 Å². The predicted molar refractivity (Wildman–Crippen MR) is 91.1 cm³/mol. The van der Waals surface area contributed by atoms with Gasteiger partial charge in [-0.1, -0.05) is 19.3 Å². The molecule has 0 spiro atoms. The molecular formula is C18H30N2O. The van der Waals surface area contributed by atoms with Crippen LogP contribution < -0.4 is 10.2 Å². The number of likely N-dealkylation sites (N-methyl/N-ethyl adjacent to an activating group) is 1. The zero-order valence-electron chi connectivity index (χ0n) is 13.5. The number of aliphatic hydroxyl groups is 1. The Morgan fingerprint density at radius 2 is 1.86 bits per heavy atom. The van der Waals surface area contributed by atoms with E-state index in [2.05, 4.69) is 48.3 Å². The lowest BCUT2D eigenvalue weighted by atomic mass is 9.84. The van der Waals surface area contributed by atoms with Gasteiger partial charge in [-0.2, -0.15) is 0 Å². The summed E-state index contributed by atoms with van der Waals surface area (Å²) in [4.78, 5) is 2.19. The van der Waals surface area contributed by atoms with Crippen LogP contribution in [0, 0.1) is 5.92 Å². The molecule has 3 heteroatoms. The van der Waals surface area contributed by atoms with E-state index < -0.39 is 0 Å². The molecule has 0 heterocycles. The third-order valence-electron chi connectivity index (χ3n) is 4.74. The minimum absolute atomic E-state index is 0.201. The molecule has 118 valence electrons. The summed E-state index contributed by atoms with van der Waals surface area (Å²) in [6.07, 6.45) is 6.93. The molecule has 0 bridgehead atoms. The lowest BCUT2D eigenvalue weighted by Gasteiger charge is -2.29. The van der Waals surface area contributed by atoms with E-state index in [0.717, 1.165) is 12.5 Å². The van der Waals surface area contributed by atoms with Crippen LogP contribution in [-0.2, 0) is 0 Å². The quantitative estimate of drug-likeness (QED) is 0.800. The van der Waals surface area contributed by atoms with Crippen LogP contribution in [0.4, 0.5) is 11.4 Å². The van der Waals surface area contributed by atoms with Crippen LogP contribution in [0.5, 0.6) is 0 Å². The number of rotatable bonds is 7. The third kappa shape index (κ3) is 4.63.